The van der Waals surface area contributed by atoms with Gasteiger partial charge in [0.05, 0.1) is 25.2 Å². The standard InChI is InChI=1S/C20H30N2O3/c1-11(2)25-16-8-7-13(10-17(16)24-4)12(3)22-20(23)18-14-5-6-15(9-14)19(18)21/h7-8,10-12,14-15,18-19H,5-6,9,21H2,1-4H3,(H,22,23). The molecule has 5 unspecified atom stereocenters. The number of carbonyl (C=O) groups is 1. The van der Waals surface area contributed by atoms with E-state index in [-0.39, 0.29) is 30.0 Å². The summed E-state index contributed by atoms with van der Waals surface area (Å²) in [6.07, 6.45) is 3.51. The van der Waals surface area contributed by atoms with Crippen molar-refractivity contribution in [3.8, 4) is 11.5 Å². The highest BCUT2D eigenvalue weighted by Gasteiger charge is 2.49. The van der Waals surface area contributed by atoms with E-state index in [0.717, 1.165) is 24.2 Å². The normalized spacial score (nSPS) is 28.9. The van der Waals surface area contributed by atoms with Gasteiger partial charge in [-0.05, 0) is 69.6 Å². The number of fused-ring (bicyclic) bond motifs is 2. The second kappa shape index (κ2) is 7.24. The van der Waals surface area contributed by atoms with E-state index in [4.69, 9.17) is 15.2 Å². The molecule has 1 aromatic rings. The number of methoxy groups -OCH3 is 1. The average molecular weight is 346 g/mol. The maximum absolute atomic E-state index is 12.7. The fourth-order valence-electron chi connectivity index (χ4n) is 4.42. The Morgan fingerprint density at radius 3 is 2.52 bits per heavy atom. The van der Waals surface area contributed by atoms with Crippen LogP contribution in [-0.4, -0.2) is 25.2 Å². The molecule has 0 heterocycles. The average Bonchev–Trinajstić information content (AvgIpc) is 3.15. The minimum Gasteiger partial charge on any atom is -0.493 e. The molecule has 2 aliphatic rings. The van der Waals surface area contributed by atoms with Crippen LogP contribution in [0.5, 0.6) is 11.5 Å². The topological polar surface area (TPSA) is 73.6 Å². The number of amides is 1. The molecule has 138 valence electrons. The first-order valence-electron chi connectivity index (χ1n) is 9.31. The Labute approximate surface area is 150 Å². The van der Waals surface area contributed by atoms with Crippen LogP contribution in [0.3, 0.4) is 0 Å². The second-order valence-corrected chi connectivity index (χ2v) is 7.74. The van der Waals surface area contributed by atoms with Crippen LogP contribution in [0.1, 0.15) is 51.6 Å². The van der Waals surface area contributed by atoms with Gasteiger partial charge in [0.1, 0.15) is 0 Å². The van der Waals surface area contributed by atoms with E-state index in [9.17, 15) is 4.79 Å². The van der Waals surface area contributed by atoms with Gasteiger partial charge in [0.2, 0.25) is 5.91 Å². The summed E-state index contributed by atoms with van der Waals surface area (Å²) < 4.78 is 11.2. The van der Waals surface area contributed by atoms with Gasteiger partial charge >= 0.3 is 0 Å². The number of rotatable bonds is 6. The van der Waals surface area contributed by atoms with Gasteiger partial charge in [-0.15, -0.1) is 0 Å². The molecule has 5 heteroatoms. The van der Waals surface area contributed by atoms with Crippen LogP contribution in [-0.2, 0) is 4.79 Å². The Morgan fingerprint density at radius 1 is 1.20 bits per heavy atom. The quantitative estimate of drug-likeness (QED) is 0.830. The lowest BCUT2D eigenvalue weighted by atomic mass is 9.84. The third-order valence-corrected chi connectivity index (χ3v) is 5.69. The predicted molar refractivity (Wildman–Crippen MR) is 97.6 cm³/mol. The number of carbonyl (C=O) groups excluding carboxylic acids is 1. The van der Waals surface area contributed by atoms with Crippen molar-refractivity contribution in [3.63, 3.8) is 0 Å². The molecule has 5 nitrogen and oxygen atoms in total. The van der Waals surface area contributed by atoms with Crippen LogP contribution in [0.25, 0.3) is 0 Å². The summed E-state index contributed by atoms with van der Waals surface area (Å²) in [5.74, 6) is 2.45. The van der Waals surface area contributed by atoms with E-state index in [1.807, 2.05) is 39.0 Å². The molecular formula is C20H30N2O3. The van der Waals surface area contributed by atoms with Crippen molar-refractivity contribution in [2.75, 3.05) is 7.11 Å². The van der Waals surface area contributed by atoms with Crippen molar-refractivity contribution in [1.29, 1.82) is 0 Å². The first-order chi connectivity index (χ1) is 11.9. The highest BCUT2D eigenvalue weighted by atomic mass is 16.5. The van der Waals surface area contributed by atoms with Gasteiger partial charge in [0, 0.05) is 6.04 Å². The predicted octanol–water partition coefficient (Wildman–Crippen LogP) is 3.03. The summed E-state index contributed by atoms with van der Waals surface area (Å²) >= 11 is 0. The summed E-state index contributed by atoms with van der Waals surface area (Å²) in [6, 6.07) is 5.73. The molecule has 2 saturated carbocycles. The Balaban J connectivity index is 1.68. The van der Waals surface area contributed by atoms with Gasteiger partial charge < -0.3 is 20.5 Å². The van der Waals surface area contributed by atoms with Crippen LogP contribution in [0.15, 0.2) is 18.2 Å². The molecular weight excluding hydrogens is 316 g/mol. The van der Waals surface area contributed by atoms with Crippen molar-refractivity contribution >= 4 is 5.91 Å². The first-order valence-corrected chi connectivity index (χ1v) is 9.31. The maximum Gasteiger partial charge on any atom is 0.225 e. The number of hydrogen-bond donors (Lipinski definition) is 2. The van der Waals surface area contributed by atoms with E-state index in [2.05, 4.69) is 5.32 Å². The molecule has 0 saturated heterocycles. The second-order valence-electron chi connectivity index (χ2n) is 7.74. The van der Waals surface area contributed by atoms with E-state index in [1.54, 1.807) is 7.11 Å². The van der Waals surface area contributed by atoms with Gasteiger partial charge in [-0.3, -0.25) is 4.79 Å². The summed E-state index contributed by atoms with van der Waals surface area (Å²) in [7, 11) is 1.63. The van der Waals surface area contributed by atoms with Crippen molar-refractivity contribution in [2.24, 2.45) is 23.5 Å². The molecule has 1 amide bonds. The zero-order valence-electron chi connectivity index (χ0n) is 15.6. The number of nitrogens with one attached hydrogen (secondary N) is 1. The summed E-state index contributed by atoms with van der Waals surface area (Å²) in [5, 5.41) is 3.15. The van der Waals surface area contributed by atoms with Crippen LogP contribution in [0.4, 0.5) is 0 Å². The number of ether oxygens (including phenoxy) is 2. The fourth-order valence-corrected chi connectivity index (χ4v) is 4.42. The summed E-state index contributed by atoms with van der Waals surface area (Å²) in [4.78, 5) is 12.7. The van der Waals surface area contributed by atoms with Crippen LogP contribution < -0.4 is 20.5 Å². The van der Waals surface area contributed by atoms with Gasteiger partial charge in [-0.2, -0.15) is 0 Å². The zero-order chi connectivity index (χ0) is 18.1. The lowest BCUT2D eigenvalue weighted by molar-refractivity contribution is -0.127. The fraction of sp³-hybridized carbons (Fsp3) is 0.650. The van der Waals surface area contributed by atoms with Crippen molar-refractivity contribution in [2.45, 2.75) is 58.2 Å². The molecule has 2 bridgehead atoms. The van der Waals surface area contributed by atoms with Gasteiger partial charge in [-0.25, -0.2) is 0 Å². The molecule has 0 radical (unpaired) electrons. The largest absolute Gasteiger partial charge is 0.493 e. The third-order valence-electron chi connectivity index (χ3n) is 5.69. The van der Waals surface area contributed by atoms with Gasteiger partial charge in [-0.1, -0.05) is 6.07 Å². The molecule has 2 fully saturated rings. The van der Waals surface area contributed by atoms with E-state index in [0.29, 0.717) is 17.6 Å². The van der Waals surface area contributed by atoms with Crippen molar-refractivity contribution < 1.29 is 14.3 Å². The first kappa shape index (κ1) is 18.1. The SMILES string of the molecule is COc1cc(C(C)NC(=O)C2C3CCC(C3)C2N)ccc1OC(C)C. The third kappa shape index (κ3) is 3.61. The minimum absolute atomic E-state index is 0.0160. The smallest absolute Gasteiger partial charge is 0.225 e. The molecule has 0 spiro atoms. The van der Waals surface area contributed by atoms with Crippen molar-refractivity contribution in [3.05, 3.63) is 23.8 Å². The Morgan fingerprint density at radius 2 is 1.92 bits per heavy atom. The number of hydrogen-bond acceptors (Lipinski definition) is 4. The van der Waals surface area contributed by atoms with E-state index < -0.39 is 0 Å². The molecule has 2 aliphatic carbocycles. The Bertz CT molecular complexity index is 629. The molecule has 5 atom stereocenters. The Kier molecular flexibility index (Phi) is 5.23. The van der Waals surface area contributed by atoms with Crippen LogP contribution in [0, 0.1) is 17.8 Å². The molecule has 0 aromatic heterocycles. The number of nitrogens with two attached hydrogens (primary N) is 1. The van der Waals surface area contributed by atoms with Crippen LogP contribution >= 0.6 is 0 Å². The van der Waals surface area contributed by atoms with E-state index >= 15 is 0 Å². The van der Waals surface area contributed by atoms with Crippen molar-refractivity contribution in [1.82, 2.24) is 5.32 Å². The summed E-state index contributed by atoms with van der Waals surface area (Å²) in [6.45, 7) is 5.96. The highest BCUT2D eigenvalue weighted by molar-refractivity contribution is 5.81. The number of benzene rings is 1. The monoisotopic (exact) mass is 346 g/mol. The molecule has 3 rings (SSSR count). The van der Waals surface area contributed by atoms with Gasteiger partial charge in [0.15, 0.2) is 11.5 Å². The van der Waals surface area contributed by atoms with Crippen LogP contribution in [0.2, 0.25) is 0 Å². The zero-order valence-corrected chi connectivity index (χ0v) is 15.6. The van der Waals surface area contributed by atoms with Gasteiger partial charge in [0.25, 0.3) is 0 Å². The lowest BCUT2D eigenvalue weighted by Crippen LogP contribution is -2.45. The summed E-state index contributed by atoms with van der Waals surface area (Å²) in [5.41, 5.74) is 7.29. The molecule has 3 N–H and O–H groups in total. The molecule has 1 aromatic carbocycles. The maximum atomic E-state index is 12.7. The highest BCUT2D eigenvalue weighted by Crippen LogP contribution is 2.47. The lowest BCUT2D eigenvalue weighted by Gasteiger charge is -2.28. The molecule has 25 heavy (non-hydrogen) atoms. The Hall–Kier alpha value is -1.75. The minimum atomic E-state index is -0.0965. The molecule has 0 aliphatic heterocycles. The van der Waals surface area contributed by atoms with E-state index in [1.165, 1.54) is 6.42 Å².